The molecule has 1 N–H and O–H groups in total. The van der Waals surface area contributed by atoms with Crippen molar-refractivity contribution >= 4 is 27.5 Å². The van der Waals surface area contributed by atoms with Crippen LogP contribution in [-0.2, 0) is 24.3 Å². The molecule has 1 amide bonds. The lowest BCUT2D eigenvalue weighted by atomic mass is 9.98. The van der Waals surface area contributed by atoms with Crippen LogP contribution < -0.4 is 14.4 Å². The number of ether oxygens (including phenoxy) is 2. The van der Waals surface area contributed by atoms with Crippen LogP contribution in [0.4, 0.5) is 0 Å². The van der Waals surface area contributed by atoms with Gasteiger partial charge in [-0.2, -0.15) is 0 Å². The second kappa shape index (κ2) is 8.39. The maximum atomic E-state index is 12.9. The molecule has 0 aliphatic carbocycles. The van der Waals surface area contributed by atoms with E-state index in [-0.39, 0.29) is 5.91 Å². The zero-order valence-electron chi connectivity index (χ0n) is 17.0. The van der Waals surface area contributed by atoms with Crippen molar-refractivity contribution in [3.63, 3.8) is 0 Å². The first kappa shape index (κ1) is 19.7. The minimum atomic E-state index is 0.170. The lowest BCUT2D eigenvalue weighted by Gasteiger charge is -2.30. The van der Waals surface area contributed by atoms with Gasteiger partial charge in [0.1, 0.15) is 11.6 Å². The van der Waals surface area contributed by atoms with Gasteiger partial charge < -0.3 is 19.3 Å². The van der Waals surface area contributed by atoms with Crippen molar-refractivity contribution in [1.29, 1.82) is 0 Å². The minimum Gasteiger partial charge on any atom is -0.493 e. The topological polar surface area (TPSA) is 56.1 Å². The summed E-state index contributed by atoms with van der Waals surface area (Å²) in [7, 11) is 5.33. The number of carbonyl (C=O) groups excluding carboxylic acids is 1. The van der Waals surface area contributed by atoms with Gasteiger partial charge in [0.25, 0.3) is 5.91 Å². The van der Waals surface area contributed by atoms with Crippen molar-refractivity contribution in [3.8, 4) is 11.5 Å². The highest BCUT2D eigenvalue weighted by molar-refractivity contribution is 7.18. The Labute approximate surface area is 174 Å². The summed E-state index contributed by atoms with van der Waals surface area (Å²) in [5, 5.41) is 1.07. The zero-order valence-corrected chi connectivity index (χ0v) is 17.8. The fraction of sp³-hybridized carbons (Fsp3) is 0.364. The Balaban J connectivity index is 1.39. The van der Waals surface area contributed by atoms with E-state index < -0.39 is 0 Å². The molecule has 4 rings (SSSR count). The van der Waals surface area contributed by atoms with E-state index in [2.05, 4.69) is 18.1 Å². The van der Waals surface area contributed by atoms with E-state index >= 15 is 0 Å². The molecule has 29 heavy (non-hydrogen) atoms. The van der Waals surface area contributed by atoms with Crippen LogP contribution >= 0.6 is 11.3 Å². The smallest absolute Gasteiger partial charge is 0.278 e. The second-order valence-corrected chi connectivity index (χ2v) is 8.54. The van der Waals surface area contributed by atoms with E-state index in [4.69, 9.17) is 9.47 Å². The number of carbonyl (C=O) groups is 1. The van der Waals surface area contributed by atoms with Crippen molar-refractivity contribution < 1.29 is 19.2 Å². The van der Waals surface area contributed by atoms with Gasteiger partial charge in [-0.25, -0.2) is 4.98 Å². The summed E-state index contributed by atoms with van der Waals surface area (Å²) in [5.41, 5.74) is 3.39. The molecular weight excluding hydrogens is 386 g/mol. The number of quaternary nitrogens is 1. The van der Waals surface area contributed by atoms with Crippen molar-refractivity contribution in [2.45, 2.75) is 19.5 Å². The van der Waals surface area contributed by atoms with Crippen LogP contribution in [0.15, 0.2) is 36.4 Å². The Morgan fingerprint density at radius 1 is 1.17 bits per heavy atom. The molecule has 6 nitrogen and oxygen atoms in total. The normalized spacial score (nSPS) is 14.5. The van der Waals surface area contributed by atoms with Crippen LogP contribution in [0.1, 0.15) is 16.1 Å². The van der Waals surface area contributed by atoms with Crippen LogP contribution in [0.2, 0.25) is 0 Å². The summed E-state index contributed by atoms with van der Waals surface area (Å²) in [6, 6.07) is 12.2. The molecule has 0 saturated heterocycles. The fourth-order valence-corrected chi connectivity index (χ4v) is 4.86. The number of nitrogens with one attached hydrogen (secondary N) is 1. The number of likely N-dealkylation sites (N-methyl/N-ethyl adjacent to an activating group) is 1. The number of aromatic nitrogens is 1. The lowest BCUT2D eigenvalue weighted by molar-refractivity contribution is -0.885. The molecule has 0 spiro atoms. The summed E-state index contributed by atoms with van der Waals surface area (Å²) in [5.74, 6) is 1.62. The van der Waals surface area contributed by atoms with Crippen molar-refractivity contribution in [3.05, 3.63) is 52.5 Å². The summed E-state index contributed by atoms with van der Waals surface area (Å²) in [6.45, 7) is 2.55. The number of hydrogen-bond acceptors (Lipinski definition) is 5. The Morgan fingerprint density at radius 3 is 2.62 bits per heavy atom. The van der Waals surface area contributed by atoms with Crippen LogP contribution in [0.25, 0.3) is 10.2 Å². The second-order valence-electron chi connectivity index (χ2n) is 7.43. The largest absolute Gasteiger partial charge is 0.493 e. The summed E-state index contributed by atoms with van der Waals surface area (Å²) >= 11 is 1.70. The number of nitrogens with zero attached hydrogens (tertiary/aromatic N) is 2. The van der Waals surface area contributed by atoms with E-state index in [1.807, 2.05) is 35.2 Å². The third kappa shape index (κ3) is 4.21. The average Bonchev–Trinajstić information content (AvgIpc) is 3.14. The molecule has 2 aromatic carbocycles. The highest BCUT2D eigenvalue weighted by Crippen LogP contribution is 2.33. The molecule has 0 radical (unpaired) electrons. The molecule has 0 bridgehead atoms. The first-order valence-electron chi connectivity index (χ1n) is 9.74. The number of methoxy groups -OCH3 is 2. The van der Waals surface area contributed by atoms with Crippen molar-refractivity contribution in [1.82, 2.24) is 9.88 Å². The molecule has 2 heterocycles. The summed E-state index contributed by atoms with van der Waals surface area (Å²) in [4.78, 5) is 20.7. The first-order chi connectivity index (χ1) is 14.1. The number of rotatable bonds is 6. The predicted molar refractivity (Wildman–Crippen MR) is 114 cm³/mol. The van der Waals surface area contributed by atoms with E-state index in [9.17, 15) is 4.79 Å². The SMILES string of the molecule is COc1cc2c(cc1OC)CN(C(=O)C[NH+](C)Cc1nc3ccccc3s1)CC2. The standard InChI is InChI=1S/C22H25N3O3S/c1-24(13-21-23-17-6-4-5-7-20(17)29-21)14-22(26)25-9-8-15-10-18(27-2)19(28-3)11-16(15)12-25/h4-7,10-11H,8-9,12-14H2,1-3H3/p+1. The molecule has 1 aromatic heterocycles. The monoisotopic (exact) mass is 412 g/mol. The van der Waals surface area contributed by atoms with Crippen LogP contribution in [0.3, 0.4) is 0 Å². The summed E-state index contributed by atoms with van der Waals surface area (Å²) < 4.78 is 12.0. The molecule has 3 aromatic rings. The molecule has 1 atom stereocenters. The fourth-order valence-electron chi connectivity index (χ4n) is 3.78. The van der Waals surface area contributed by atoms with Gasteiger partial charge in [0.05, 0.1) is 31.5 Å². The van der Waals surface area contributed by atoms with E-state index in [1.54, 1.807) is 25.6 Å². The Bertz CT molecular complexity index is 1000. The molecule has 0 saturated carbocycles. The van der Waals surface area contributed by atoms with Gasteiger partial charge in [0.15, 0.2) is 18.0 Å². The van der Waals surface area contributed by atoms with Crippen molar-refractivity contribution in [2.75, 3.05) is 34.4 Å². The highest BCUT2D eigenvalue weighted by atomic mass is 32.1. The number of thiazole rings is 1. The number of para-hydroxylation sites is 1. The molecule has 7 heteroatoms. The molecule has 0 fully saturated rings. The molecule has 152 valence electrons. The Morgan fingerprint density at radius 2 is 1.90 bits per heavy atom. The van der Waals surface area contributed by atoms with Gasteiger partial charge in [-0.05, 0) is 41.8 Å². The van der Waals surface area contributed by atoms with Crippen LogP contribution in [-0.4, -0.2) is 50.1 Å². The summed E-state index contributed by atoms with van der Waals surface area (Å²) in [6.07, 6.45) is 0.832. The number of amides is 1. The van der Waals surface area contributed by atoms with Gasteiger partial charge in [0.2, 0.25) is 0 Å². The number of hydrogen-bond donors (Lipinski definition) is 1. The van der Waals surface area contributed by atoms with Gasteiger partial charge in [-0.15, -0.1) is 11.3 Å². The third-order valence-electron chi connectivity index (χ3n) is 5.31. The van der Waals surface area contributed by atoms with Gasteiger partial charge in [-0.3, -0.25) is 4.79 Å². The van der Waals surface area contributed by atoms with Gasteiger partial charge >= 0.3 is 0 Å². The first-order valence-corrected chi connectivity index (χ1v) is 10.6. The molecule has 1 aliphatic heterocycles. The number of benzene rings is 2. The average molecular weight is 413 g/mol. The highest BCUT2D eigenvalue weighted by Gasteiger charge is 2.25. The molecule has 1 unspecified atom stereocenters. The Kier molecular flexibility index (Phi) is 5.69. The number of fused-ring (bicyclic) bond motifs is 2. The molecular formula is C22H26N3O3S+. The minimum absolute atomic E-state index is 0.170. The quantitative estimate of drug-likeness (QED) is 0.672. The van der Waals surface area contributed by atoms with Gasteiger partial charge in [0, 0.05) is 13.1 Å². The van der Waals surface area contributed by atoms with Crippen LogP contribution in [0.5, 0.6) is 11.5 Å². The maximum Gasteiger partial charge on any atom is 0.278 e. The zero-order chi connectivity index (χ0) is 20.4. The lowest BCUT2D eigenvalue weighted by Crippen LogP contribution is -3.08. The van der Waals surface area contributed by atoms with E-state index in [1.165, 1.54) is 10.3 Å². The Hall–Kier alpha value is -2.64. The van der Waals surface area contributed by atoms with E-state index in [0.717, 1.165) is 46.2 Å². The molecule has 1 aliphatic rings. The van der Waals surface area contributed by atoms with Crippen LogP contribution in [0, 0.1) is 0 Å². The van der Waals surface area contributed by atoms with Crippen molar-refractivity contribution in [2.24, 2.45) is 0 Å². The van der Waals surface area contributed by atoms with E-state index in [0.29, 0.717) is 18.8 Å². The van der Waals surface area contributed by atoms with Gasteiger partial charge in [-0.1, -0.05) is 12.1 Å². The third-order valence-corrected chi connectivity index (χ3v) is 6.35. The predicted octanol–water partition coefficient (Wildman–Crippen LogP) is 1.91. The maximum absolute atomic E-state index is 12.9.